The van der Waals surface area contributed by atoms with Crippen LogP contribution in [0.4, 0.5) is 0 Å². The van der Waals surface area contributed by atoms with Gasteiger partial charge in [0, 0.05) is 12.5 Å². The zero-order valence-electron chi connectivity index (χ0n) is 13.4. The highest BCUT2D eigenvalue weighted by Crippen LogP contribution is 2.29. The largest absolute Gasteiger partial charge is 0.497 e. The Morgan fingerprint density at radius 3 is 2.73 bits per heavy atom. The van der Waals surface area contributed by atoms with Gasteiger partial charge in [-0.2, -0.15) is 0 Å². The first-order chi connectivity index (χ1) is 10.8. The fraction of sp³-hybridized carbons (Fsp3) is 0.611. The van der Waals surface area contributed by atoms with Gasteiger partial charge in [0.25, 0.3) is 0 Å². The Morgan fingerprint density at radius 2 is 2.09 bits per heavy atom. The van der Waals surface area contributed by atoms with E-state index >= 15 is 0 Å². The van der Waals surface area contributed by atoms with Crippen molar-refractivity contribution in [1.29, 1.82) is 0 Å². The van der Waals surface area contributed by atoms with Crippen LogP contribution in [0.2, 0.25) is 0 Å². The summed E-state index contributed by atoms with van der Waals surface area (Å²) in [6, 6.07) is 8.49. The molecule has 4 nitrogen and oxygen atoms in total. The summed E-state index contributed by atoms with van der Waals surface area (Å²) in [4.78, 5) is 14.6. The summed E-state index contributed by atoms with van der Waals surface area (Å²) in [6.45, 7) is 2.92. The Morgan fingerprint density at radius 1 is 1.32 bits per heavy atom. The minimum atomic E-state index is 0.235. The third kappa shape index (κ3) is 3.43. The van der Waals surface area contributed by atoms with Gasteiger partial charge in [-0.05, 0) is 56.5 Å². The molecule has 1 aromatic carbocycles. The van der Waals surface area contributed by atoms with E-state index in [9.17, 15) is 4.79 Å². The molecule has 1 heterocycles. The number of hydrogen-bond donors (Lipinski definition) is 1. The first kappa shape index (κ1) is 15.3. The molecule has 120 valence electrons. The topological polar surface area (TPSA) is 41.6 Å². The molecule has 1 unspecified atom stereocenters. The Balaban J connectivity index is 1.69. The number of benzene rings is 1. The lowest BCUT2D eigenvalue weighted by Crippen LogP contribution is -2.40. The SMILES string of the molecule is COc1cccc(C(CNC(=O)C2CCC2)N2CCCC2)c1. The summed E-state index contributed by atoms with van der Waals surface area (Å²) in [5.74, 6) is 1.37. The molecule has 1 saturated heterocycles. The van der Waals surface area contributed by atoms with Gasteiger partial charge in [-0.25, -0.2) is 0 Å². The van der Waals surface area contributed by atoms with E-state index in [1.807, 2.05) is 12.1 Å². The molecule has 2 aliphatic rings. The van der Waals surface area contributed by atoms with Crippen molar-refractivity contribution in [3.05, 3.63) is 29.8 Å². The maximum Gasteiger partial charge on any atom is 0.223 e. The second-order valence-corrected chi connectivity index (χ2v) is 6.41. The van der Waals surface area contributed by atoms with Gasteiger partial charge in [-0.15, -0.1) is 0 Å². The standard InChI is InChI=1S/C18H26N2O2/c1-22-16-9-5-8-15(12-16)17(20-10-2-3-11-20)13-19-18(21)14-6-4-7-14/h5,8-9,12,14,17H,2-4,6-7,10-11,13H2,1H3,(H,19,21). The molecule has 22 heavy (non-hydrogen) atoms. The summed E-state index contributed by atoms with van der Waals surface area (Å²) in [6.07, 6.45) is 5.80. The normalized spacial score (nSPS) is 20.4. The van der Waals surface area contributed by atoms with Gasteiger partial charge in [0.1, 0.15) is 5.75 Å². The van der Waals surface area contributed by atoms with Crippen molar-refractivity contribution in [2.75, 3.05) is 26.7 Å². The first-order valence-corrected chi connectivity index (χ1v) is 8.43. The Bertz CT molecular complexity index is 508. The van der Waals surface area contributed by atoms with E-state index in [1.165, 1.54) is 24.8 Å². The van der Waals surface area contributed by atoms with E-state index in [-0.39, 0.29) is 17.9 Å². The van der Waals surface area contributed by atoms with Crippen LogP contribution in [0.1, 0.15) is 43.7 Å². The molecular formula is C18H26N2O2. The molecule has 0 aromatic heterocycles. The molecule has 1 N–H and O–H groups in total. The highest BCUT2D eigenvalue weighted by molar-refractivity contribution is 5.79. The van der Waals surface area contributed by atoms with Crippen molar-refractivity contribution >= 4 is 5.91 Å². The number of amides is 1. The second-order valence-electron chi connectivity index (χ2n) is 6.41. The summed E-state index contributed by atoms with van der Waals surface area (Å²) >= 11 is 0. The number of ether oxygens (including phenoxy) is 1. The summed E-state index contributed by atoms with van der Waals surface area (Å²) in [5, 5.41) is 3.18. The van der Waals surface area contributed by atoms with Gasteiger partial charge < -0.3 is 10.1 Å². The summed E-state index contributed by atoms with van der Waals surface area (Å²) in [5.41, 5.74) is 1.23. The fourth-order valence-electron chi connectivity index (χ4n) is 3.37. The summed E-state index contributed by atoms with van der Waals surface area (Å²) < 4.78 is 5.35. The van der Waals surface area contributed by atoms with E-state index in [2.05, 4.69) is 22.3 Å². The molecule has 2 fully saturated rings. The number of rotatable bonds is 6. The van der Waals surface area contributed by atoms with E-state index in [1.54, 1.807) is 7.11 Å². The average molecular weight is 302 g/mol. The zero-order chi connectivity index (χ0) is 15.4. The highest BCUT2D eigenvalue weighted by atomic mass is 16.5. The van der Waals surface area contributed by atoms with Gasteiger partial charge in [0.05, 0.1) is 13.2 Å². The van der Waals surface area contributed by atoms with Gasteiger partial charge in [0.15, 0.2) is 0 Å². The molecule has 1 aliphatic carbocycles. The molecule has 0 bridgehead atoms. The number of likely N-dealkylation sites (tertiary alicyclic amines) is 1. The van der Waals surface area contributed by atoms with Gasteiger partial charge >= 0.3 is 0 Å². The maximum atomic E-state index is 12.1. The van der Waals surface area contributed by atoms with Crippen LogP contribution in [0, 0.1) is 5.92 Å². The number of carbonyl (C=O) groups is 1. The van der Waals surface area contributed by atoms with Crippen molar-refractivity contribution in [1.82, 2.24) is 10.2 Å². The van der Waals surface area contributed by atoms with E-state index in [4.69, 9.17) is 4.74 Å². The van der Waals surface area contributed by atoms with Crippen LogP contribution >= 0.6 is 0 Å². The lowest BCUT2D eigenvalue weighted by Gasteiger charge is -2.30. The Hall–Kier alpha value is -1.55. The zero-order valence-corrected chi connectivity index (χ0v) is 13.4. The van der Waals surface area contributed by atoms with Crippen LogP contribution in [0.5, 0.6) is 5.75 Å². The molecule has 1 atom stereocenters. The molecule has 1 amide bonds. The van der Waals surface area contributed by atoms with Crippen molar-refractivity contribution in [2.45, 2.75) is 38.1 Å². The monoisotopic (exact) mass is 302 g/mol. The predicted octanol–water partition coefficient (Wildman–Crippen LogP) is 2.75. The lowest BCUT2D eigenvalue weighted by atomic mass is 9.85. The van der Waals surface area contributed by atoms with Crippen molar-refractivity contribution in [3.8, 4) is 5.75 Å². The predicted molar refractivity (Wildman–Crippen MR) is 86.9 cm³/mol. The molecule has 1 aromatic rings. The number of nitrogens with zero attached hydrogens (tertiary/aromatic N) is 1. The first-order valence-electron chi connectivity index (χ1n) is 8.43. The fourth-order valence-corrected chi connectivity index (χ4v) is 3.37. The number of hydrogen-bond acceptors (Lipinski definition) is 3. The molecule has 0 radical (unpaired) electrons. The van der Waals surface area contributed by atoms with E-state index in [0.29, 0.717) is 6.54 Å². The lowest BCUT2D eigenvalue weighted by molar-refractivity contribution is -0.127. The maximum absolute atomic E-state index is 12.1. The molecule has 3 rings (SSSR count). The Kier molecular flexibility index (Phi) is 4.98. The van der Waals surface area contributed by atoms with E-state index in [0.717, 1.165) is 31.7 Å². The van der Waals surface area contributed by atoms with Crippen molar-refractivity contribution < 1.29 is 9.53 Å². The van der Waals surface area contributed by atoms with Crippen molar-refractivity contribution in [2.24, 2.45) is 5.92 Å². The molecule has 4 heteroatoms. The molecule has 1 saturated carbocycles. The van der Waals surface area contributed by atoms with Gasteiger partial charge in [-0.1, -0.05) is 18.6 Å². The quantitative estimate of drug-likeness (QED) is 0.878. The minimum Gasteiger partial charge on any atom is -0.497 e. The summed E-state index contributed by atoms with van der Waals surface area (Å²) in [7, 11) is 1.70. The van der Waals surface area contributed by atoms with Crippen LogP contribution in [-0.2, 0) is 4.79 Å². The van der Waals surface area contributed by atoms with Crippen LogP contribution in [0.25, 0.3) is 0 Å². The van der Waals surface area contributed by atoms with Crippen LogP contribution < -0.4 is 10.1 Å². The molecule has 0 spiro atoms. The van der Waals surface area contributed by atoms with Crippen molar-refractivity contribution in [3.63, 3.8) is 0 Å². The van der Waals surface area contributed by atoms with Crippen LogP contribution in [0.3, 0.4) is 0 Å². The Labute approximate surface area is 132 Å². The number of methoxy groups -OCH3 is 1. The van der Waals surface area contributed by atoms with Gasteiger partial charge in [-0.3, -0.25) is 9.69 Å². The second kappa shape index (κ2) is 7.14. The molecule has 1 aliphatic heterocycles. The molecular weight excluding hydrogens is 276 g/mol. The average Bonchev–Trinajstić information content (AvgIpc) is 3.00. The minimum absolute atomic E-state index is 0.235. The number of nitrogens with one attached hydrogen (secondary N) is 1. The van der Waals surface area contributed by atoms with E-state index < -0.39 is 0 Å². The van der Waals surface area contributed by atoms with Gasteiger partial charge in [0.2, 0.25) is 5.91 Å². The smallest absolute Gasteiger partial charge is 0.223 e. The van der Waals surface area contributed by atoms with Crippen LogP contribution in [-0.4, -0.2) is 37.6 Å². The van der Waals surface area contributed by atoms with Crippen LogP contribution in [0.15, 0.2) is 24.3 Å². The third-order valence-electron chi connectivity index (χ3n) is 5.01. The number of carbonyl (C=O) groups excluding carboxylic acids is 1. The highest BCUT2D eigenvalue weighted by Gasteiger charge is 2.28. The third-order valence-corrected chi connectivity index (χ3v) is 5.01.